The SMILES string of the molecule is Cc1cc(F)cc(F)c1.O=C(CC(O)C(O)CNC(=O)c1ccc(SN2CCCC2)cc1)NCc1ccccc1. The van der Waals surface area contributed by atoms with Crippen molar-refractivity contribution in [1.82, 2.24) is 14.9 Å². The lowest BCUT2D eigenvalue weighted by atomic mass is 10.1. The number of rotatable bonds is 10. The number of amides is 2. The van der Waals surface area contributed by atoms with Gasteiger partial charge in [0.25, 0.3) is 5.91 Å². The van der Waals surface area contributed by atoms with Gasteiger partial charge >= 0.3 is 0 Å². The maximum Gasteiger partial charge on any atom is 0.251 e. The van der Waals surface area contributed by atoms with Gasteiger partial charge in [-0.2, -0.15) is 0 Å². The van der Waals surface area contributed by atoms with Gasteiger partial charge in [0.05, 0.1) is 18.6 Å². The number of hydrogen-bond donors (Lipinski definition) is 4. The molecule has 3 aromatic carbocycles. The Morgan fingerprint density at radius 3 is 2.12 bits per heavy atom. The highest BCUT2D eigenvalue weighted by Gasteiger charge is 2.21. The number of aliphatic hydroxyl groups is 2. The zero-order valence-corrected chi connectivity index (χ0v) is 23.2. The first kappa shape index (κ1) is 31.2. The molecular weight excluding hydrogens is 536 g/mol. The topological polar surface area (TPSA) is 102 Å². The molecule has 2 unspecified atom stereocenters. The van der Waals surface area contributed by atoms with Crippen LogP contribution in [-0.2, 0) is 11.3 Å². The van der Waals surface area contributed by atoms with Crippen molar-refractivity contribution in [2.75, 3.05) is 19.6 Å². The van der Waals surface area contributed by atoms with Crippen molar-refractivity contribution in [2.45, 2.75) is 49.8 Å². The van der Waals surface area contributed by atoms with Crippen LogP contribution < -0.4 is 10.6 Å². The van der Waals surface area contributed by atoms with E-state index in [1.165, 1.54) is 25.0 Å². The molecule has 4 rings (SSSR count). The van der Waals surface area contributed by atoms with Gasteiger partial charge < -0.3 is 20.8 Å². The van der Waals surface area contributed by atoms with Gasteiger partial charge in [0.1, 0.15) is 11.6 Å². The third kappa shape index (κ3) is 11.1. The van der Waals surface area contributed by atoms with Crippen LogP contribution in [0.25, 0.3) is 0 Å². The van der Waals surface area contributed by atoms with Gasteiger partial charge in [-0.25, -0.2) is 13.1 Å². The van der Waals surface area contributed by atoms with E-state index in [0.717, 1.165) is 29.6 Å². The second-order valence-corrected chi connectivity index (χ2v) is 10.7. The predicted octanol–water partition coefficient (Wildman–Crippen LogP) is 4.22. The van der Waals surface area contributed by atoms with E-state index >= 15 is 0 Å². The van der Waals surface area contributed by atoms with Gasteiger partial charge in [-0.1, -0.05) is 30.3 Å². The molecule has 1 aliphatic rings. The molecule has 2 atom stereocenters. The quantitative estimate of drug-likeness (QED) is 0.272. The van der Waals surface area contributed by atoms with Crippen LogP contribution in [0, 0.1) is 18.6 Å². The third-order valence-electron chi connectivity index (χ3n) is 6.07. The molecule has 0 aromatic heterocycles. The summed E-state index contributed by atoms with van der Waals surface area (Å²) in [6.07, 6.45) is -0.314. The summed E-state index contributed by atoms with van der Waals surface area (Å²) in [7, 11) is 0. The number of halogens is 2. The Morgan fingerprint density at radius 2 is 1.52 bits per heavy atom. The fourth-order valence-electron chi connectivity index (χ4n) is 3.92. The Labute approximate surface area is 237 Å². The maximum absolute atomic E-state index is 12.3. The summed E-state index contributed by atoms with van der Waals surface area (Å²) in [4.78, 5) is 25.4. The maximum atomic E-state index is 12.3. The number of aryl methyl sites for hydroxylation is 1. The van der Waals surface area contributed by atoms with Gasteiger partial charge in [-0.15, -0.1) is 0 Å². The van der Waals surface area contributed by atoms with Crippen molar-refractivity contribution in [3.8, 4) is 0 Å². The number of carbonyl (C=O) groups is 2. The lowest BCUT2D eigenvalue weighted by molar-refractivity contribution is -0.124. The van der Waals surface area contributed by atoms with E-state index < -0.39 is 23.8 Å². The Hall–Kier alpha value is -3.31. The molecule has 10 heteroatoms. The first-order valence-corrected chi connectivity index (χ1v) is 13.9. The highest BCUT2D eigenvalue weighted by Crippen LogP contribution is 2.26. The van der Waals surface area contributed by atoms with E-state index in [9.17, 15) is 28.6 Å². The molecule has 7 nitrogen and oxygen atoms in total. The molecule has 1 heterocycles. The van der Waals surface area contributed by atoms with Crippen molar-refractivity contribution in [3.63, 3.8) is 0 Å². The first-order chi connectivity index (χ1) is 19.2. The molecule has 0 radical (unpaired) electrons. The van der Waals surface area contributed by atoms with Crippen LogP contribution in [0.5, 0.6) is 0 Å². The van der Waals surface area contributed by atoms with Gasteiger partial charge in [-0.05, 0) is 79.2 Å². The van der Waals surface area contributed by atoms with Crippen molar-refractivity contribution >= 4 is 23.8 Å². The molecule has 0 spiro atoms. The summed E-state index contributed by atoms with van der Waals surface area (Å²) < 4.78 is 26.7. The molecule has 1 saturated heterocycles. The van der Waals surface area contributed by atoms with Crippen LogP contribution in [0.2, 0.25) is 0 Å². The Bertz CT molecular complexity index is 1170. The van der Waals surface area contributed by atoms with E-state index in [1.807, 2.05) is 42.5 Å². The molecule has 4 N–H and O–H groups in total. The molecule has 1 fully saturated rings. The molecule has 0 bridgehead atoms. The normalized spacial score (nSPS) is 14.5. The monoisotopic (exact) mass is 571 g/mol. The summed E-state index contributed by atoms with van der Waals surface area (Å²) in [6, 6.07) is 20.1. The smallest absolute Gasteiger partial charge is 0.251 e. The van der Waals surface area contributed by atoms with Crippen LogP contribution >= 0.6 is 11.9 Å². The number of hydrogen-bond acceptors (Lipinski definition) is 6. The van der Waals surface area contributed by atoms with E-state index in [-0.39, 0.29) is 24.8 Å². The van der Waals surface area contributed by atoms with Crippen LogP contribution in [0.3, 0.4) is 0 Å². The zero-order valence-electron chi connectivity index (χ0n) is 22.4. The number of carbonyl (C=O) groups excluding carboxylic acids is 2. The van der Waals surface area contributed by atoms with E-state index in [4.69, 9.17) is 0 Å². The van der Waals surface area contributed by atoms with Gasteiger partial charge in [0, 0.05) is 42.7 Å². The van der Waals surface area contributed by atoms with Crippen molar-refractivity contribution in [2.24, 2.45) is 0 Å². The standard InChI is InChI=1S/C23H29N3O4S.C7H6F2/c27-20(14-22(29)24-15-17-6-2-1-3-7-17)21(28)16-25-23(30)18-8-10-19(11-9-18)31-26-12-4-5-13-26;1-5-2-6(8)4-7(9)3-5/h1-3,6-11,20-21,27-28H,4-5,12-16H2,(H,24,29)(H,25,30);2-4H,1H3. The van der Waals surface area contributed by atoms with Gasteiger partial charge in [-0.3, -0.25) is 9.59 Å². The number of aliphatic hydroxyl groups excluding tert-OH is 2. The molecule has 2 amide bonds. The first-order valence-electron chi connectivity index (χ1n) is 13.1. The summed E-state index contributed by atoms with van der Waals surface area (Å²) in [5.41, 5.74) is 2.03. The van der Waals surface area contributed by atoms with Gasteiger partial charge in [0.2, 0.25) is 5.91 Å². The van der Waals surface area contributed by atoms with Crippen LogP contribution in [0.15, 0.2) is 77.7 Å². The fraction of sp³-hybridized carbons (Fsp3) is 0.333. The number of nitrogens with zero attached hydrogens (tertiary/aromatic N) is 1. The van der Waals surface area contributed by atoms with Gasteiger partial charge in [0.15, 0.2) is 0 Å². The highest BCUT2D eigenvalue weighted by molar-refractivity contribution is 7.97. The zero-order chi connectivity index (χ0) is 28.9. The lowest BCUT2D eigenvalue weighted by Crippen LogP contribution is -2.41. The van der Waals surface area contributed by atoms with Crippen molar-refractivity contribution < 1.29 is 28.6 Å². The predicted molar refractivity (Wildman–Crippen MR) is 151 cm³/mol. The molecule has 214 valence electrons. The van der Waals surface area contributed by atoms with Crippen LogP contribution in [-0.4, -0.2) is 58.2 Å². The molecule has 0 aliphatic carbocycles. The number of nitrogens with one attached hydrogen (secondary N) is 2. The molecule has 1 aliphatic heterocycles. The summed E-state index contributed by atoms with van der Waals surface area (Å²) in [5.74, 6) is -1.75. The average Bonchev–Trinajstić information content (AvgIpc) is 3.44. The average molecular weight is 572 g/mol. The van der Waals surface area contributed by atoms with E-state index in [0.29, 0.717) is 17.7 Å². The molecular formula is C30H35F2N3O4S. The van der Waals surface area contributed by atoms with E-state index in [1.54, 1.807) is 31.0 Å². The molecule has 0 saturated carbocycles. The Balaban J connectivity index is 0.000000415. The Morgan fingerprint density at radius 1 is 0.900 bits per heavy atom. The second-order valence-electron chi connectivity index (χ2n) is 9.51. The third-order valence-corrected chi connectivity index (χ3v) is 7.17. The lowest BCUT2D eigenvalue weighted by Gasteiger charge is -2.18. The van der Waals surface area contributed by atoms with Crippen molar-refractivity contribution in [3.05, 3.63) is 101 Å². The fourth-order valence-corrected chi connectivity index (χ4v) is 4.91. The molecule has 3 aromatic rings. The minimum atomic E-state index is -1.27. The highest BCUT2D eigenvalue weighted by atomic mass is 32.2. The van der Waals surface area contributed by atoms with Crippen LogP contribution in [0.1, 0.15) is 40.7 Å². The minimum absolute atomic E-state index is 0.143. The molecule has 40 heavy (non-hydrogen) atoms. The number of benzene rings is 3. The largest absolute Gasteiger partial charge is 0.390 e. The Kier molecular flexibility index (Phi) is 12.5. The minimum Gasteiger partial charge on any atom is -0.390 e. The second kappa shape index (κ2) is 16.1. The summed E-state index contributed by atoms with van der Waals surface area (Å²) >= 11 is 1.69. The van der Waals surface area contributed by atoms with Crippen molar-refractivity contribution in [1.29, 1.82) is 0 Å². The van der Waals surface area contributed by atoms with E-state index in [2.05, 4.69) is 14.9 Å². The summed E-state index contributed by atoms with van der Waals surface area (Å²) in [6.45, 7) is 4.02. The summed E-state index contributed by atoms with van der Waals surface area (Å²) in [5, 5.41) is 25.5. The van der Waals surface area contributed by atoms with Crippen LogP contribution in [0.4, 0.5) is 8.78 Å².